The molecule has 0 unspecified atom stereocenters. The minimum absolute atomic E-state index is 0.0131. The maximum atomic E-state index is 12.9. The van der Waals surface area contributed by atoms with Gasteiger partial charge >= 0.3 is 11.8 Å². The minimum Gasteiger partial charge on any atom is -0.338 e. The molecule has 2 fully saturated rings. The van der Waals surface area contributed by atoms with Gasteiger partial charge in [-0.15, -0.1) is 0 Å². The average molecular weight is 420 g/mol. The number of amides is 3. The van der Waals surface area contributed by atoms with Gasteiger partial charge in [-0.1, -0.05) is 36.4 Å². The topological polar surface area (TPSA) is 60.9 Å². The Labute approximate surface area is 183 Å². The molecule has 2 aliphatic heterocycles. The van der Waals surface area contributed by atoms with Crippen molar-refractivity contribution in [3.63, 3.8) is 0 Å². The van der Waals surface area contributed by atoms with Gasteiger partial charge in [0, 0.05) is 44.3 Å². The zero-order valence-electron chi connectivity index (χ0n) is 18.2. The highest BCUT2D eigenvalue weighted by molar-refractivity contribution is 6.35. The van der Waals surface area contributed by atoms with Crippen molar-refractivity contribution in [1.82, 2.24) is 14.7 Å². The van der Waals surface area contributed by atoms with Crippen LogP contribution in [-0.4, -0.2) is 64.6 Å². The summed E-state index contributed by atoms with van der Waals surface area (Å²) in [5, 5.41) is 0. The van der Waals surface area contributed by atoms with Gasteiger partial charge in [-0.2, -0.15) is 0 Å². The summed E-state index contributed by atoms with van der Waals surface area (Å²) in [6.07, 6.45) is 1.41. The Balaban J connectivity index is 1.33. The molecule has 2 saturated heterocycles. The molecular weight excluding hydrogens is 390 g/mol. The lowest BCUT2D eigenvalue weighted by Crippen LogP contribution is -2.59. The SMILES string of the molecule is Cc1ccc(C(=O)N2CCC(N3CCN(Cc4ccccc4)C(=O)C3=O)CC2)cc1C. The molecule has 162 valence electrons. The number of nitrogens with zero attached hydrogens (tertiary/aromatic N) is 3. The number of carbonyl (C=O) groups is 3. The number of piperazine rings is 1. The first-order chi connectivity index (χ1) is 14.9. The third-order valence-corrected chi connectivity index (χ3v) is 6.50. The van der Waals surface area contributed by atoms with Crippen LogP contribution >= 0.6 is 0 Å². The van der Waals surface area contributed by atoms with Gasteiger partial charge in [-0.05, 0) is 55.5 Å². The third kappa shape index (κ3) is 4.48. The Morgan fingerprint density at radius 1 is 0.871 bits per heavy atom. The molecule has 2 aromatic rings. The maximum absolute atomic E-state index is 12.9. The molecule has 0 spiro atoms. The van der Waals surface area contributed by atoms with Crippen molar-refractivity contribution < 1.29 is 14.4 Å². The van der Waals surface area contributed by atoms with Crippen LogP contribution in [0.3, 0.4) is 0 Å². The summed E-state index contributed by atoms with van der Waals surface area (Å²) in [4.78, 5) is 43.5. The molecule has 3 amide bonds. The molecule has 0 saturated carbocycles. The van der Waals surface area contributed by atoms with Gasteiger partial charge < -0.3 is 14.7 Å². The predicted octanol–water partition coefficient (Wildman–Crippen LogP) is 2.78. The van der Waals surface area contributed by atoms with Gasteiger partial charge in [0.2, 0.25) is 0 Å². The van der Waals surface area contributed by atoms with Crippen LogP contribution in [0.5, 0.6) is 0 Å². The summed E-state index contributed by atoms with van der Waals surface area (Å²) in [6.45, 7) is 6.80. The first-order valence-electron chi connectivity index (χ1n) is 10.9. The van der Waals surface area contributed by atoms with Crippen LogP contribution in [-0.2, 0) is 16.1 Å². The minimum atomic E-state index is -0.427. The number of carbonyl (C=O) groups excluding carboxylic acids is 3. The number of likely N-dealkylation sites (tertiary alicyclic amines) is 1. The number of aryl methyl sites for hydroxylation is 2. The number of hydrogen-bond acceptors (Lipinski definition) is 3. The van der Waals surface area contributed by atoms with E-state index in [-0.39, 0.29) is 11.9 Å². The van der Waals surface area contributed by atoms with E-state index in [1.54, 1.807) is 9.80 Å². The molecule has 2 heterocycles. The quantitative estimate of drug-likeness (QED) is 0.716. The van der Waals surface area contributed by atoms with E-state index in [2.05, 4.69) is 0 Å². The summed E-state index contributed by atoms with van der Waals surface area (Å²) >= 11 is 0. The van der Waals surface area contributed by atoms with Gasteiger partial charge in [-0.3, -0.25) is 14.4 Å². The molecule has 0 radical (unpaired) electrons. The van der Waals surface area contributed by atoms with Crippen LogP contribution in [0.25, 0.3) is 0 Å². The summed E-state index contributed by atoms with van der Waals surface area (Å²) in [5.74, 6) is -0.804. The molecule has 0 aromatic heterocycles. The highest BCUT2D eigenvalue weighted by Gasteiger charge is 2.38. The van der Waals surface area contributed by atoms with E-state index in [1.807, 2.05) is 67.3 Å². The lowest BCUT2D eigenvalue weighted by Gasteiger charge is -2.42. The zero-order chi connectivity index (χ0) is 22.0. The van der Waals surface area contributed by atoms with Crippen LogP contribution < -0.4 is 0 Å². The highest BCUT2D eigenvalue weighted by Crippen LogP contribution is 2.22. The van der Waals surface area contributed by atoms with Gasteiger partial charge in [-0.25, -0.2) is 0 Å². The van der Waals surface area contributed by atoms with E-state index >= 15 is 0 Å². The van der Waals surface area contributed by atoms with Gasteiger partial charge in [0.05, 0.1) is 0 Å². The number of benzene rings is 2. The van der Waals surface area contributed by atoms with E-state index in [0.29, 0.717) is 51.1 Å². The van der Waals surface area contributed by atoms with Crippen molar-refractivity contribution in [1.29, 1.82) is 0 Å². The molecule has 0 atom stereocenters. The first-order valence-corrected chi connectivity index (χ1v) is 10.9. The van der Waals surface area contributed by atoms with Crippen LogP contribution in [0, 0.1) is 13.8 Å². The van der Waals surface area contributed by atoms with Gasteiger partial charge in [0.25, 0.3) is 5.91 Å². The smallest absolute Gasteiger partial charge is 0.312 e. The number of hydrogen-bond donors (Lipinski definition) is 0. The van der Waals surface area contributed by atoms with Crippen molar-refractivity contribution in [3.8, 4) is 0 Å². The van der Waals surface area contributed by atoms with Crippen LogP contribution in [0.4, 0.5) is 0 Å². The molecular formula is C25H29N3O3. The van der Waals surface area contributed by atoms with Crippen molar-refractivity contribution >= 4 is 17.7 Å². The lowest BCUT2D eigenvalue weighted by atomic mass is 10.00. The molecule has 2 aliphatic rings. The summed E-state index contributed by atoms with van der Waals surface area (Å²) in [6, 6.07) is 15.6. The Morgan fingerprint density at radius 3 is 2.26 bits per heavy atom. The molecule has 31 heavy (non-hydrogen) atoms. The Kier molecular flexibility index (Phi) is 6.07. The summed E-state index contributed by atoms with van der Waals surface area (Å²) < 4.78 is 0. The van der Waals surface area contributed by atoms with Gasteiger partial charge in [0.1, 0.15) is 0 Å². The maximum Gasteiger partial charge on any atom is 0.312 e. The fourth-order valence-corrected chi connectivity index (χ4v) is 4.43. The Hall–Kier alpha value is -3.15. The fourth-order valence-electron chi connectivity index (χ4n) is 4.43. The van der Waals surface area contributed by atoms with Crippen LogP contribution in [0.15, 0.2) is 48.5 Å². The van der Waals surface area contributed by atoms with Crippen molar-refractivity contribution in [3.05, 3.63) is 70.8 Å². The second-order valence-corrected chi connectivity index (χ2v) is 8.53. The monoisotopic (exact) mass is 419 g/mol. The number of rotatable bonds is 4. The van der Waals surface area contributed by atoms with Crippen molar-refractivity contribution in [2.45, 2.75) is 39.3 Å². The van der Waals surface area contributed by atoms with E-state index in [9.17, 15) is 14.4 Å². The standard InChI is InChI=1S/C25H29N3O3/c1-18-8-9-21(16-19(18)2)23(29)26-12-10-22(11-13-26)28-15-14-27(24(30)25(28)31)17-20-6-4-3-5-7-20/h3-9,16,22H,10-15,17H2,1-2H3. The van der Waals surface area contributed by atoms with E-state index in [1.165, 1.54) is 5.56 Å². The van der Waals surface area contributed by atoms with Crippen LogP contribution in [0.1, 0.15) is 39.9 Å². The van der Waals surface area contributed by atoms with Gasteiger partial charge in [0.15, 0.2) is 0 Å². The largest absolute Gasteiger partial charge is 0.338 e. The highest BCUT2D eigenvalue weighted by atomic mass is 16.2. The van der Waals surface area contributed by atoms with E-state index < -0.39 is 11.8 Å². The van der Waals surface area contributed by atoms with E-state index in [4.69, 9.17) is 0 Å². The second kappa shape index (κ2) is 8.92. The zero-order valence-corrected chi connectivity index (χ0v) is 18.2. The molecule has 0 bridgehead atoms. The molecule has 2 aromatic carbocycles. The Morgan fingerprint density at radius 2 is 1.58 bits per heavy atom. The third-order valence-electron chi connectivity index (χ3n) is 6.50. The number of piperidine rings is 1. The Bertz CT molecular complexity index is 981. The summed E-state index contributed by atoms with van der Waals surface area (Å²) in [7, 11) is 0. The summed E-state index contributed by atoms with van der Waals surface area (Å²) in [5.41, 5.74) is 4.01. The molecule has 4 rings (SSSR count). The van der Waals surface area contributed by atoms with E-state index in [0.717, 1.165) is 11.1 Å². The molecule has 0 N–H and O–H groups in total. The lowest BCUT2D eigenvalue weighted by molar-refractivity contribution is -0.158. The average Bonchev–Trinajstić information content (AvgIpc) is 2.79. The molecule has 6 nitrogen and oxygen atoms in total. The predicted molar refractivity (Wildman–Crippen MR) is 118 cm³/mol. The van der Waals surface area contributed by atoms with Crippen molar-refractivity contribution in [2.24, 2.45) is 0 Å². The molecule has 0 aliphatic carbocycles. The fraction of sp³-hybridized carbons (Fsp3) is 0.400. The van der Waals surface area contributed by atoms with Crippen LogP contribution in [0.2, 0.25) is 0 Å². The van der Waals surface area contributed by atoms with Crippen molar-refractivity contribution in [2.75, 3.05) is 26.2 Å². The second-order valence-electron chi connectivity index (χ2n) is 8.53. The first kappa shape index (κ1) is 21.1. The molecule has 6 heteroatoms. The normalized spacial score (nSPS) is 17.9.